The van der Waals surface area contributed by atoms with Crippen LogP contribution in [0.4, 0.5) is 9.59 Å². The second-order valence-electron chi connectivity index (χ2n) is 10.1. The molecule has 0 bridgehead atoms. The normalized spacial score (nSPS) is 22.3. The van der Waals surface area contributed by atoms with Crippen LogP contribution in [0.3, 0.4) is 0 Å². The van der Waals surface area contributed by atoms with Gasteiger partial charge in [0, 0.05) is 25.2 Å². The molecule has 1 saturated carbocycles. The summed E-state index contributed by atoms with van der Waals surface area (Å²) in [5, 5.41) is 6.72. The number of nitrogens with one attached hydrogen (secondary N) is 2. The molecule has 178 valence electrons. The Hall–Kier alpha value is -2.28. The Morgan fingerprint density at radius 3 is 2.25 bits per heavy atom. The molecule has 1 heterocycles. The highest BCUT2D eigenvalue weighted by molar-refractivity contribution is 5.68. The highest BCUT2D eigenvalue weighted by atomic mass is 16.6. The third kappa shape index (κ3) is 8.34. The van der Waals surface area contributed by atoms with Crippen LogP contribution in [0.1, 0.15) is 64.9 Å². The summed E-state index contributed by atoms with van der Waals surface area (Å²) in [6.07, 6.45) is 5.58. The molecule has 1 aliphatic carbocycles. The molecule has 0 unspecified atom stereocenters. The van der Waals surface area contributed by atoms with Gasteiger partial charge in [-0.05, 0) is 77.3 Å². The van der Waals surface area contributed by atoms with Gasteiger partial charge in [0.15, 0.2) is 0 Å². The molecule has 1 aliphatic heterocycles. The third-order valence-corrected chi connectivity index (χ3v) is 6.22. The Balaban J connectivity index is 1.26. The minimum atomic E-state index is -0.446. The molecule has 2 fully saturated rings. The van der Waals surface area contributed by atoms with Crippen molar-refractivity contribution < 1.29 is 19.1 Å². The van der Waals surface area contributed by atoms with Crippen molar-refractivity contribution in [2.24, 2.45) is 5.92 Å². The van der Waals surface area contributed by atoms with Crippen molar-refractivity contribution in [3.63, 3.8) is 0 Å². The zero-order valence-corrected chi connectivity index (χ0v) is 19.8. The molecule has 1 aromatic rings. The molecule has 0 aromatic heterocycles. The second-order valence-corrected chi connectivity index (χ2v) is 10.1. The summed E-state index contributed by atoms with van der Waals surface area (Å²) in [7, 11) is 0. The summed E-state index contributed by atoms with van der Waals surface area (Å²) < 4.78 is 10.8. The summed E-state index contributed by atoms with van der Waals surface area (Å²) in [5.74, 6) is 0.636. The Bertz CT molecular complexity index is 718. The van der Waals surface area contributed by atoms with E-state index >= 15 is 0 Å². The maximum atomic E-state index is 12.2. The summed E-state index contributed by atoms with van der Waals surface area (Å²) in [6.45, 7) is 8.50. The van der Waals surface area contributed by atoms with Crippen LogP contribution in [-0.4, -0.2) is 54.4 Å². The third-order valence-electron chi connectivity index (χ3n) is 6.22. The Morgan fingerprint density at radius 2 is 1.62 bits per heavy atom. The van der Waals surface area contributed by atoms with Crippen LogP contribution in [0.5, 0.6) is 0 Å². The van der Waals surface area contributed by atoms with E-state index < -0.39 is 5.60 Å². The van der Waals surface area contributed by atoms with E-state index in [9.17, 15) is 9.59 Å². The van der Waals surface area contributed by atoms with Gasteiger partial charge >= 0.3 is 12.2 Å². The monoisotopic (exact) mass is 445 g/mol. The molecule has 2 aliphatic rings. The zero-order chi connectivity index (χ0) is 23.0. The van der Waals surface area contributed by atoms with Crippen LogP contribution in [0, 0.1) is 5.92 Å². The number of carbonyl (C=O) groups is 2. The molecule has 0 radical (unpaired) electrons. The molecule has 0 spiro atoms. The smallest absolute Gasteiger partial charge is 0.410 e. The number of rotatable bonds is 6. The number of benzene rings is 1. The minimum Gasteiger partial charge on any atom is -0.445 e. The summed E-state index contributed by atoms with van der Waals surface area (Å²) in [5.41, 5.74) is 0.549. The Morgan fingerprint density at radius 1 is 0.969 bits per heavy atom. The lowest BCUT2D eigenvalue weighted by Gasteiger charge is -2.35. The number of hydrogen-bond acceptors (Lipinski definition) is 5. The standard InChI is InChI=1S/C25H39N3O4/c1-25(2,3)32-24(30)28-15-13-21(14-16-28)26-17-19-9-11-22(12-10-19)27-23(29)31-18-20-7-5-4-6-8-20/h4-8,19,21-22,26H,9-18H2,1-3H3,(H,27,29). The number of ether oxygens (including phenoxy) is 2. The molecule has 7 nitrogen and oxygen atoms in total. The van der Waals surface area contributed by atoms with Crippen LogP contribution in [0.2, 0.25) is 0 Å². The predicted octanol–water partition coefficient (Wildman–Crippen LogP) is 4.46. The largest absolute Gasteiger partial charge is 0.445 e. The quantitative estimate of drug-likeness (QED) is 0.676. The first kappa shape index (κ1) is 24.4. The molecule has 0 atom stereocenters. The van der Waals surface area contributed by atoms with Crippen molar-refractivity contribution in [2.45, 2.75) is 83.6 Å². The number of likely N-dealkylation sites (tertiary alicyclic amines) is 1. The van der Waals surface area contributed by atoms with E-state index in [0.717, 1.165) is 63.7 Å². The van der Waals surface area contributed by atoms with Gasteiger partial charge in [-0.1, -0.05) is 30.3 Å². The van der Waals surface area contributed by atoms with Crippen molar-refractivity contribution >= 4 is 12.2 Å². The van der Waals surface area contributed by atoms with Crippen molar-refractivity contribution in [3.8, 4) is 0 Å². The van der Waals surface area contributed by atoms with Crippen molar-refractivity contribution in [3.05, 3.63) is 35.9 Å². The molecule has 1 aromatic carbocycles. The first-order valence-electron chi connectivity index (χ1n) is 12.0. The number of hydrogen-bond donors (Lipinski definition) is 2. The van der Waals surface area contributed by atoms with E-state index in [1.54, 1.807) is 0 Å². The van der Waals surface area contributed by atoms with Crippen LogP contribution in [0.15, 0.2) is 30.3 Å². The maximum absolute atomic E-state index is 12.2. The van der Waals surface area contributed by atoms with Crippen LogP contribution < -0.4 is 10.6 Å². The van der Waals surface area contributed by atoms with Gasteiger partial charge in [0.1, 0.15) is 12.2 Å². The molecular formula is C25H39N3O4. The fraction of sp³-hybridized carbons (Fsp3) is 0.680. The number of piperidine rings is 1. The minimum absolute atomic E-state index is 0.201. The Kier molecular flexibility index (Phi) is 8.79. The number of amides is 2. The first-order chi connectivity index (χ1) is 15.3. The highest BCUT2D eigenvalue weighted by Gasteiger charge is 2.28. The fourth-order valence-corrected chi connectivity index (χ4v) is 4.37. The van der Waals surface area contributed by atoms with E-state index in [2.05, 4.69) is 10.6 Å². The average molecular weight is 446 g/mol. The van der Waals surface area contributed by atoms with Gasteiger partial charge in [-0.2, -0.15) is 0 Å². The predicted molar refractivity (Wildman–Crippen MR) is 124 cm³/mol. The first-order valence-corrected chi connectivity index (χ1v) is 12.0. The Labute approximate surface area is 192 Å². The van der Waals surface area contributed by atoms with Gasteiger partial charge in [-0.3, -0.25) is 0 Å². The van der Waals surface area contributed by atoms with Gasteiger partial charge in [0.05, 0.1) is 0 Å². The maximum Gasteiger partial charge on any atom is 0.410 e. The number of carbonyl (C=O) groups excluding carboxylic acids is 2. The van der Waals surface area contributed by atoms with Gasteiger partial charge in [0.25, 0.3) is 0 Å². The molecule has 7 heteroatoms. The highest BCUT2D eigenvalue weighted by Crippen LogP contribution is 2.24. The number of alkyl carbamates (subject to hydrolysis) is 1. The van der Waals surface area contributed by atoms with Crippen molar-refractivity contribution in [1.29, 1.82) is 0 Å². The van der Waals surface area contributed by atoms with E-state index in [1.807, 2.05) is 56.0 Å². The van der Waals surface area contributed by atoms with Crippen LogP contribution in [-0.2, 0) is 16.1 Å². The number of nitrogens with zero attached hydrogens (tertiary/aromatic N) is 1. The molecule has 2 amide bonds. The molecular weight excluding hydrogens is 406 g/mol. The van der Waals surface area contributed by atoms with Gasteiger partial charge in [-0.15, -0.1) is 0 Å². The van der Waals surface area contributed by atoms with E-state index in [1.165, 1.54) is 0 Å². The summed E-state index contributed by atoms with van der Waals surface area (Å²) in [4.78, 5) is 26.1. The SMILES string of the molecule is CC(C)(C)OC(=O)N1CCC(NCC2CCC(NC(=O)OCc3ccccc3)CC2)CC1. The molecule has 3 rings (SSSR count). The second kappa shape index (κ2) is 11.5. The average Bonchev–Trinajstić information content (AvgIpc) is 2.77. The van der Waals surface area contributed by atoms with E-state index in [0.29, 0.717) is 18.6 Å². The van der Waals surface area contributed by atoms with Gasteiger partial charge < -0.3 is 25.0 Å². The molecule has 32 heavy (non-hydrogen) atoms. The summed E-state index contributed by atoms with van der Waals surface area (Å²) in [6, 6.07) is 10.4. The lowest BCUT2D eigenvalue weighted by molar-refractivity contribution is 0.0197. The molecule has 1 saturated heterocycles. The zero-order valence-electron chi connectivity index (χ0n) is 19.8. The van der Waals surface area contributed by atoms with Crippen molar-refractivity contribution in [1.82, 2.24) is 15.5 Å². The van der Waals surface area contributed by atoms with Crippen LogP contribution >= 0.6 is 0 Å². The molecule has 2 N–H and O–H groups in total. The fourth-order valence-electron chi connectivity index (χ4n) is 4.37. The van der Waals surface area contributed by atoms with E-state index in [-0.39, 0.29) is 18.2 Å². The van der Waals surface area contributed by atoms with Gasteiger partial charge in [-0.25, -0.2) is 9.59 Å². The topological polar surface area (TPSA) is 79.9 Å². The van der Waals surface area contributed by atoms with Crippen LogP contribution in [0.25, 0.3) is 0 Å². The van der Waals surface area contributed by atoms with E-state index in [4.69, 9.17) is 9.47 Å². The lowest BCUT2D eigenvalue weighted by atomic mass is 9.85. The van der Waals surface area contributed by atoms with Crippen molar-refractivity contribution in [2.75, 3.05) is 19.6 Å². The lowest BCUT2D eigenvalue weighted by Crippen LogP contribution is -2.47. The summed E-state index contributed by atoms with van der Waals surface area (Å²) >= 11 is 0. The van der Waals surface area contributed by atoms with Gasteiger partial charge in [0.2, 0.25) is 0 Å².